The Morgan fingerprint density at radius 2 is 0.725 bits per heavy atom. The Balaban J connectivity index is 4.71. The summed E-state index contributed by atoms with van der Waals surface area (Å²) in [5.41, 5.74) is -0.0232. The van der Waals surface area contributed by atoms with Crippen LogP contribution in [-0.2, 0) is 9.16 Å². The summed E-state index contributed by atoms with van der Waals surface area (Å²) in [7, 11) is 0.824. The molecule has 0 radical (unpaired) electrons. The van der Waals surface area contributed by atoms with E-state index in [0.29, 0.717) is 6.10 Å². The minimum atomic E-state index is -0.0232. The van der Waals surface area contributed by atoms with Gasteiger partial charge < -0.3 is 9.16 Å². The number of hydrogen-bond acceptors (Lipinski definition) is 2. The van der Waals surface area contributed by atoms with Gasteiger partial charge in [0.15, 0.2) is 0 Å². The fourth-order valence-corrected chi connectivity index (χ4v) is 7.26. The normalized spacial score (nSPS) is 12.9. The van der Waals surface area contributed by atoms with Crippen LogP contribution in [0.25, 0.3) is 0 Å². The Hall–Kier alpha value is 0.137. The van der Waals surface area contributed by atoms with E-state index in [9.17, 15) is 0 Å². The molecule has 0 aliphatic carbocycles. The van der Waals surface area contributed by atoms with Crippen molar-refractivity contribution in [2.24, 2.45) is 0 Å². The molecule has 0 amide bonds. The molecule has 0 heterocycles. The van der Waals surface area contributed by atoms with E-state index in [4.69, 9.17) is 9.16 Å². The van der Waals surface area contributed by atoms with Crippen molar-refractivity contribution in [1.29, 1.82) is 0 Å². The van der Waals surface area contributed by atoms with E-state index in [1.165, 1.54) is 193 Å². The molecule has 0 saturated carbocycles. The van der Waals surface area contributed by atoms with Gasteiger partial charge in [-0.1, -0.05) is 194 Å². The molecule has 0 aromatic rings. The van der Waals surface area contributed by atoms with Crippen LogP contribution in [0.3, 0.4) is 0 Å². The molecule has 0 aromatic carbocycles. The Labute approximate surface area is 257 Å². The zero-order valence-corrected chi connectivity index (χ0v) is 30.8. The molecule has 0 aliphatic heterocycles. The van der Waals surface area contributed by atoms with Crippen LogP contribution in [0, 0.1) is 0 Å². The van der Waals surface area contributed by atoms with Crippen molar-refractivity contribution in [2.75, 3.05) is 6.61 Å². The van der Waals surface area contributed by atoms with Gasteiger partial charge in [0, 0.05) is 6.61 Å². The molecule has 0 fully saturated rings. The highest BCUT2D eigenvalue weighted by molar-refractivity contribution is 5.98. The van der Waals surface area contributed by atoms with Gasteiger partial charge in [-0.3, -0.25) is 0 Å². The topological polar surface area (TPSA) is 18.5 Å². The number of rotatable bonds is 34. The molecule has 0 saturated heterocycles. The zero-order valence-electron chi connectivity index (χ0n) is 28.8. The summed E-state index contributed by atoms with van der Waals surface area (Å²) in [6.07, 6.45) is 41.6. The fourth-order valence-electron chi connectivity index (χ4n) is 6.59. The van der Waals surface area contributed by atoms with Gasteiger partial charge in [-0.2, -0.15) is 0 Å². The Morgan fingerprint density at radius 1 is 0.425 bits per heavy atom. The van der Waals surface area contributed by atoms with Gasteiger partial charge >= 0.3 is 0 Å². The number of unbranched alkanes of at least 4 members (excludes halogenated alkanes) is 24. The second-order valence-corrected chi connectivity index (χ2v) is 13.4. The van der Waals surface area contributed by atoms with Crippen LogP contribution in [0.1, 0.15) is 220 Å². The Bertz CT molecular complexity index is 447. The SMILES string of the molecule is CCCCCCCCCCCC(OCC)C(CCCCCCCCCCC)(CCCCCCCCCCC)O[SiH3]. The van der Waals surface area contributed by atoms with Crippen molar-refractivity contribution < 1.29 is 9.16 Å². The summed E-state index contributed by atoms with van der Waals surface area (Å²) in [4.78, 5) is 0. The van der Waals surface area contributed by atoms with Crippen molar-refractivity contribution in [1.82, 2.24) is 0 Å². The molecule has 2 nitrogen and oxygen atoms in total. The van der Waals surface area contributed by atoms with E-state index in [-0.39, 0.29) is 5.60 Å². The van der Waals surface area contributed by atoms with Crippen molar-refractivity contribution in [3.63, 3.8) is 0 Å². The highest BCUT2D eigenvalue weighted by atomic mass is 28.2. The van der Waals surface area contributed by atoms with Crippen LogP contribution in [0.2, 0.25) is 0 Å². The second kappa shape index (κ2) is 32.1. The van der Waals surface area contributed by atoms with Gasteiger partial charge in [0.2, 0.25) is 0 Å². The van der Waals surface area contributed by atoms with Crippen LogP contribution in [0.5, 0.6) is 0 Å². The molecule has 0 rings (SSSR count). The third-order valence-electron chi connectivity index (χ3n) is 9.34. The standard InChI is InChI=1S/C37H78O2Si/c1-5-9-12-15-18-21-24-27-30-33-36(38-8-4)37(39-40,34-31-28-25-22-19-16-13-10-6-2)35-32-29-26-23-20-17-14-11-7-3/h36H,5-35H2,1-4,40H3. The molecule has 40 heavy (non-hydrogen) atoms. The van der Waals surface area contributed by atoms with Gasteiger partial charge in [-0.05, 0) is 26.2 Å². The maximum atomic E-state index is 6.64. The molecule has 0 aromatic heterocycles. The lowest BCUT2D eigenvalue weighted by molar-refractivity contribution is -0.102. The molecule has 0 bridgehead atoms. The fraction of sp³-hybridized carbons (Fsp3) is 1.00. The molecule has 1 unspecified atom stereocenters. The average molecular weight is 583 g/mol. The lowest BCUT2D eigenvalue weighted by atomic mass is 9.82. The van der Waals surface area contributed by atoms with Gasteiger partial charge in [0.1, 0.15) is 10.5 Å². The minimum Gasteiger partial charge on any atom is -0.420 e. The van der Waals surface area contributed by atoms with Crippen LogP contribution >= 0.6 is 0 Å². The van der Waals surface area contributed by atoms with E-state index in [1.807, 2.05) is 0 Å². The van der Waals surface area contributed by atoms with Crippen LogP contribution in [0.4, 0.5) is 0 Å². The molecular formula is C37H78O2Si. The predicted octanol–water partition coefficient (Wildman–Crippen LogP) is 12.2. The van der Waals surface area contributed by atoms with Crippen molar-refractivity contribution >= 4 is 10.5 Å². The first kappa shape index (κ1) is 40.1. The molecule has 242 valence electrons. The quantitative estimate of drug-likeness (QED) is 0.0555. The molecule has 0 N–H and O–H groups in total. The number of hydrogen-bond donors (Lipinski definition) is 0. The molecular weight excluding hydrogens is 504 g/mol. The van der Waals surface area contributed by atoms with Gasteiger partial charge in [0.05, 0.1) is 11.7 Å². The average Bonchev–Trinajstić information content (AvgIpc) is 2.97. The zero-order chi connectivity index (χ0) is 29.4. The van der Waals surface area contributed by atoms with Crippen molar-refractivity contribution in [3.05, 3.63) is 0 Å². The third kappa shape index (κ3) is 23.7. The molecule has 0 aliphatic rings. The van der Waals surface area contributed by atoms with Crippen LogP contribution in [-0.4, -0.2) is 28.8 Å². The van der Waals surface area contributed by atoms with Gasteiger partial charge in [-0.25, -0.2) is 0 Å². The maximum absolute atomic E-state index is 6.64. The first-order valence-electron chi connectivity index (χ1n) is 18.9. The van der Waals surface area contributed by atoms with E-state index >= 15 is 0 Å². The first-order valence-corrected chi connectivity index (χ1v) is 19.7. The predicted molar refractivity (Wildman–Crippen MR) is 185 cm³/mol. The summed E-state index contributed by atoms with van der Waals surface area (Å²) >= 11 is 0. The third-order valence-corrected chi connectivity index (χ3v) is 10.2. The molecule has 3 heteroatoms. The van der Waals surface area contributed by atoms with Crippen LogP contribution in [0.15, 0.2) is 0 Å². The first-order chi connectivity index (χ1) is 19.7. The number of ether oxygens (including phenoxy) is 1. The summed E-state index contributed by atoms with van der Waals surface area (Å²) in [5, 5.41) is 0. The smallest absolute Gasteiger partial charge is 0.146 e. The Morgan fingerprint density at radius 3 is 1.02 bits per heavy atom. The van der Waals surface area contributed by atoms with E-state index < -0.39 is 0 Å². The highest BCUT2D eigenvalue weighted by Crippen LogP contribution is 2.34. The van der Waals surface area contributed by atoms with Crippen molar-refractivity contribution in [3.8, 4) is 0 Å². The van der Waals surface area contributed by atoms with E-state index in [0.717, 1.165) is 17.1 Å². The lowest BCUT2D eigenvalue weighted by Gasteiger charge is -2.41. The Kier molecular flexibility index (Phi) is 32.2. The second-order valence-electron chi connectivity index (χ2n) is 13.0. The summed E-state index contributed by atoms with van der Waals surface area (Å²) in [5.74, 6) is 0. The summed E-state index contributed by atoms with van der Waals surface area (Å²) < 4.78 is 13.2. The van der Waals surface area contributed by atoms with Crippen molar-refractivity contribution in [2.45, 2.75) is 232 Å². The van der Waals surface area contributed by atoms with E-state index in [2.05, 4.69) is 27.7 Å². The lowest BCUT2D eigenvalue weighted by Crippen LogP contribution is -2.46. The van der Waals surface area contributed by atoms with Gasteiger partial charge in [-0.15, -0.1) is 0 Å². The molecule has 0 spiro atoms. The summed E-state index contributed by atoms with van der Waals surface area (Å²) in [6.45, 7) is 9.94. The van der Waals surface area contributed by atoms with Crippen LogP contribution < -0.4 is 0 Å². The molecule has 1 atom stereocenters. The maximum Gasteiger partial charge on any atom is 0.146 e. The minimum absolute atomic E-state index is 0.0232. The van der Waals surface area contributed by atoms with E-state index in [1.54, 1.807) is 0 Å². The summed E-state index contributed by atoms with van der Waals surface area (Å²) in [6, 6.07) is 0. The monoisotopic (exact) mass is 583 g/mol. The highest BCUT2D eigenvalue weighted by Gasteiger charge is 2.37. The largest absolute Gasteiger partial charge is 0.420 e. The van der Waals surface area contributed by atoms with Gasteiger partial charge in [0.25, 0.3) is 0 Å².